The molecule has 1 N–H and O–H groups in total. The highest BCUT2D eigenvalue weighted by atomic mass is 14.9. The second kappa shape index (κ2) is 6.19. The van der Waals surface area contributed by atoms with Gasteiger partial charge in [-0.1, -0.05) is 51.1 Å². The Morgan fingerprint density at radius 3 is 2.35 bits per heavy atom. The molecular formula is C18H24N2. The maximum Gasteiger partial charge on any atom is 0.0315 e. The Morgan fingerprint density at radius 1 is 1.10 bits per heavy atom. The Hall–Kier alpha value is -1.67. The van der Waals surface area contributed by atoms with Gasteiger partial charge in [0.25, 0.3) is 0 Å². The summed E-state index contributed by atoms with van der Waals surface area (Å²) < 4.78 is 0. The van der Waals surface area contributed by atoms with Crippen molar-refractivity contribution in [1.29, 1.82) is 0 Å². The highest BCUT2D eigenvalue weighted by molar-refractivity contribution is 5.27. The van der Waals surface area contributed by atoms with Crippen LogP contribution in [0, 0.1) is 0 Å². The Bertz CT molecular complexity index is 524. The molecule has 2 rings (SSSR count). The van der Waals surface area contributed by atoms with Gasteiger partial charge in [-0.05, 0) is 35.1 Å². The Balaban J connectivity index is 1.94. The van der Waals surface area contributed by atoms with Crippen molar-refractivity contribution in [2.45, 2.75) is 45.7 Å². The summed E-state index contributed by atoms with van der Waals surface area (Å²) in [5.41, 5.74) is 4.13. The molecule has 0 aliphatic carbocycles. The van der Waals surface area contributed by atoms with Gasteiger partial charge >= 0.3 is 0 Å². The summed E-state index contributed by atoms with van der Waals surface area (Å²) in [4.78, 5) is 4.16. The molecule has 0 amide bonds. The number of nitrogens with one attached hydrogen (secondary N) is 1. The molecule has 1 heterocycles. The van der Waals surface area contributed by atoms with Crippen molar-refractivity contribution in [1.82, 2.24) is 10.3 Å². The second-order valence-corrected chi connectivity index (χ2v) is 6.34. The van der Waals surface area contributed by atoms with Crippen molar-refractivity contribution in [3.8, 4) is 0 Å². The minimum Gasteiger partial charge on any atom is -0.306 e. The average Bonchev–Trinajstić information content (AvgIpc) is 2.45. The van der Waals surface area contributed by atoms with Crippen LogP contribution in [0.25, 0.3) is 0 Å². The van der Waals surface area contributed by atoms with Gasteiger partial charge in [0, 0.05) is 25.0 Å². The molecule has 0 aliphatic rings. The SMILES string of the molecule is CC(NCc1ccc(C(C)(C)C)cc1)c1cccnc1. The third-order valence-electron chi connectivity index (χ3n) is 3.62. The number of aromatic nitrogens is 1. The van der Waals surface area contributed by atoms with Crippen LogP contribution in [0.1, 0.15) is 50.4 Å². The first kappa shape index (κ1) is 14.7. The first-order valence-electron chi connectivity index (χ1n) is 7.19. The maximum atomic E-state index is 4.16. The molecule has 106 valence electrons. The lowest BCUT2D eigenvalue weighted by atomic mass is 9.87. The van der Waals surface area contributed by atoms with Crippen molar-refractivity contribution in [3.63, 3.8) is 0 Å². The summed E-state index contributed by atoms with van der Waals surface area (Å²) in [5, 5.41) is 3.53. The molecule has 0 aliphatic heterocycles. The molecule has 2 nitrogen and oxygen atoms in total. The molecular weight excluding hydrogens is 244 g/mol. The summed E-state index contributed by atoms with van der Waals surface area (Å²) in [6.07, 6.45) is 3.72. The predicted octanol–water partition coefficient (Wildman–Crippen LogP) is 4.23. The largest absolute Gasteiger partial charge is 0.306 e. The van der Waals surface area contributed by atoms with Crippen LogP contribution in [0.3, 0.4) is 0 Å². The molecule has 0 spiro atoms. The van der Waals surface area contributed by atoms with E-state index in [1.54, 1.807) is 6.20 Å². The normalized spacial score (nSPS) is 13.2. The summed E-state index contributed by atoms with van der Waals surface area (Å²) in [5.74, 6) is 0. The highest BCUT2D eigenvalue weighted by Gasteiger charge is 2.12. The van der Waals surface area contributed by atoms with Crippen LogP contribution in [0.2, 0.25) is 0 Å². The fourth-order valence-electron chi connectivity index (χ4n) is 2.14. The van der Waals surface area contributed by atoms with Crippen molar-refractivity contribution < 1.29 is 0 Å². The van der Waals surface area contributed by atoms with Gasteiger partial charge in [-0.15, -0.1) is 0 Å². The van der Waals surface area contributed by atoms with Crippen molar-refractivity contribution in [2.24, 2.45) is 0 Å². The van der Waals surface area contributed by atoms with E-state index in [4.69, 9.17) is 0 Å². The first-order chi connectivity index (χ1) is 9.47. The van der Waals surface area contributed by atoms with Crippen molar-refractivity contribution >= 4 is 0 Å². The monoisotopic (exact) mass is 268 g/mol. The zero-order valence-corrected chi connectivity index (χ0v) is 12.9. The molecule has 2 aromatic rings. The lowest BCUT2D eigenvalue weighted by molar-refractivity contribution is 0.570. The summed E-state index contributed by atoms with van der Waals surface area (Å²) in [6, 6.07) is 13.3. The fraction of sp³-hybridized carbons (Fsp3) is 0.389. The van der Waals surface area contributed by atoms with Gasteiger partial charge in [0.15, 0.2) is 0 Å². The van der Waals surface area contributed by atoms with Crippen LogP contribution in [0.15, 0.2) is 48.8 Å². The zero-order chi connectivity index (χ0) is 14.6. The number of nitrogens with zero attached hydrogens (tertiary/aromatic N) is 1. The molecule has 0 radical (unpaired) electrons. The number of pyridine rings is 1. The standard InChI is InChI=1S/C18H24N2/c1-14(16-6-5-11-19-13-16)20-12-15-7-9-17(10-8-15)18(2,3)4/h5-11,13-14,20H,12H2,1-4H3. The van der Waals surface area contributed by atoms with E-state index in [2.05, 4.69) is 68.3 Å². The predicted molar refractivity (Wildman–Crippen MR) is 84.6 cm³/mol. The van der Waals surface area contributed by atoms with E-state index in [1.807, 2.05) is 12.3 Å². The molecule has 0 saturated carbocycles. The van der Waals surface area contributed by atoms with E-state index in [9.17, 15) is 0 Å². The van der Waals surface area contributed by atoms with Gasteiger partial charge in [-0.3, -0.25) is 4.98 Å². The van der Waals surface area contributed by atoms with Crippen molar-refractivity contribution in [3.05, 3.63) is 65.5 Å². The number of benzene rings is 1. The van der Waals surface area contributed by atoms with Crippen molar-refractivity contribution in [2.75, 3.05) is 0 Å². The Labute approximate surface area is 122 Å². The van der Waals surface area contributed by atoms with Gasteiger partial charge in [0.2, 0.25) is 0 Å². The minimum absolute atomic E-state index is 0.217. The molecule has 0 saturated heterocycles. The van der Waals surface area contributed by atoms with Gasteiger partial charge in [-0.2, -0.15) is 0 Å². The fourth-order valence-corrected chi connectivity index (χ4v) is 2.14. The second-order valence-electron chi connectivity index (χ2n) is 6.34. The summed E-state index contributed by atoms with van der Waals surface area (Å²) >= 11 is 0. The van der Waals surface area contributed by atoms with Crippen LogP contribution in [-0.4, -0.2) is 4.98 Å². The smallest absolute Gasteiger partial charge is 0.0315 e. The van der Waals surface area contributed by atoms with Gasteiger partial charge in [-0.25, -0.2) is 0 Å². The first-order valence-corrected chi connectivity index (χ1v) is 7.19. The van der Waals surface area contributed by atoms with Crippen LogP contribution in [0.5, 0.6) is 0 Å². The topological polar surface area (TPSA) is 24.9 Å². The van der Waals surface area contributed by atoms with E-state index >= 15 is 0 Å². The lowest BCUT2D eigenvalue weighted by Gasteiger charge is -2.19. The van der Waals surface area contributed by atoms with E-state index < -0.39 is 0 Å². The zero-order valence-electron chi connectivity index (χ0n) is 12.9. The molecule has 0 fully saturated rings. The summed E-state index contributed by atoms with van der Waals surface area (Å²) in [6.45, 7) is 9.77. The van der Waals surface area contributed by atoms with Gasteiger partial charge < -0.3 is 5.32 Å². The van der Waals surface area contributed by atoms with Crippen LogP contribution in [0.4, 0.5) is 0 Å². The number of rotatable bonds is 4. The van der Waals surface area contributed by atoms with Gasteiger partial charge in [0.1, 0.15) is 0 Å². The number of hydrogen-bond acceptors (Lipinski definition) is 2. The van der Waals surface area contributed by atoms with E-state index in [1.165, 1.54) is 16.7 Å². The molecule has 2 heteroatoms. The van der Waals surface area contributed by atoms with E-state index in [0.717, 1.165) is 6.54 Å². The quantitative estimate of drug-likeness (QED) is 0.897. The molecule has 1 aromatic carbocycles. The summed E-state index contributed by atoms with van der Waals surface area (Å²) in [7, 11) is 0. The molecule has 1 atom stereocenters. The average molecular weight is 268 g/mol. The van der Waals surface area contributed by atoms with Crippen LogP contribution >= 0.6 is 0 Å². The van der Waals surface area contributed by atoms with Crippen LogP contribution in [-0.2, 0) is 12.0 Å². The maximum absolute atomic E-state index is 4.16. The molecule has 1 aromatic heterocycles. The third-order valence-corrected chi connectivity index (χ3v) is 3.62. The molecule has 1 unspecified atom stereocenters. The van der Waals surface area contributed by atoms with Gasteiger partial charge in [0.05, 0.1) is 0 Å². The minimum atomic E-state index is 0.217. The Morgan fingerprint density at radius 2 is 1.80 bits per heavy atom. The van der Waals surface area contributed by atoms with E-state index in [-0.39, 0.29) is 5.41 Å². The highest BCUT2D eigenvalue weighted by Crippen LogP contribution is 2.22. The molecule has 20 heavy (non-hydrogen) atoms. The molecule has 0 bridgehead atoms. The van der Waals surface area contributed by atoms with E-state index in [0.29, 0.717) is 6.04 Å². The third kappa shape index (κ3) is 3.91. The van der Waals surface area contributed by atoms with Crippen LogP contribution < -0.4 is 5.32 Å². The Kier molecular flexibility index (Phi) is 4.56. The lowest BCUT2D eigenvalue weighted by Crippen LogP contribution is -2.18. The number of hydrogen-bond donors (Lipinski definition) is 1.